The van der Waals surface area contributed by atoms with E-state index in [2.05, 4.69) is 0 Å². The van der Waals surface area contributed by atoms with Gasteiger partial charge in [0.05, 0.1) is 9.79 Å². The molecule has 17 heavy (non-hydrogen) atoms. The molecule has 1 aromatic carbocycles. The molecule has 0 saturated heterocycles. The van der Waals surface area contributed by atoms with Crippen molar-refractivity contribution in [2.75, 3.05) is 5.73 Å². The summed E-state index contributed by atoms with van der Waals surface area (Å²) in [6.07, 6.45) is 0. The molecule has 0 aromatic heterocycles. The van der Waals surface area contributed by atoms with E-state index in [1.54, 1.807) is 0 Å². The van der Waals surface area contributed by atoms with Gasteiger partial charge in [-0.3, -0.25) is 0 Å². The molecular formula is C6H5K2NO6S2. The van der Waals surface area contributed by atoms with Crippen LogP contribution in [0.2, 0.25) is 0 Å². The van der Waals surface area contributed by atoms with E-state index < -0.39 is 30.0 Å². The number of nitrogens with two attached hydrogens (primary N) is 1. The van der Waals surface area contributed by atoms with Gasteiger partial charge in [-0.2, -0.15) is 0 Å². The van der Waals surface area contributed by atoms with Crippen molar-refractivity contribution in [2.45, 2.75) is 9.79 Å². The van der Waals surface area contributed by atoms with E-state index >= 15 is 0 Å². The van der Waals surface area contributed by atoms with Crippen LogP contribution in [0, 0.1) is 0 Å². The normalized spacial score (nSPS) is 11.2. The first-order chi connectivity index (χ1) is 6.60. The Morgan fingerprint density at radius 1 is 0.824 bits per heavy atom. The third kappa shape index (κ3) is 6.90. The molecule has 0 saturated carbocycles. The van der Waals surface area contributed by atoms with Gasteiger partial charge < -0.3 is 14.8 Å². The molecule has 0 unspecified atom stereocenters. The largest absolute Gasteiger partial charge is 1.00 e. The summed E-state index contributed by atoms with van der Waals surface area (Å²) in [6.45, 7) is 0. The molecule has 0 aliphatic heterocycles. The minimum Gasteiger partial charge on any atom is -0.744 e. The molecule has 0 bridgehead atoms. The van der Waals surface area contributed by atoms with Crippen molar-refractivity contribution in [3.8, 4) is 0 Å². The van der Waals surface area contributed by atoms with Crippen molar-refractivity contribution in [1.82, 2.24) is 0 Å². The second-order valence-corrected chi connectivity index (χ2v) is 5.41. The fourth-order valence-corrected chi connectivity index (χ4v) is 2.06. The van der Waals surface area contributed by atoms with Crippen molar-refractivity contribution >= 4 is 25.9 Å². The van der Waals surface area contributed by atoms with Crippen LogP contribution >= 0.6 is 0 Å². The van der Waals surface area contributed by atoms with Gasteiger partial charge in [0, 0.05) is 5.69 Å². The van der Waals surface area contributed by atoms with Crippen LogP contribution in [-0.2, 0) is 20.2 Å². The van der Waals surface area contributed by atoms with Crippen LogP contribution in [0.1, 0.15) is 0 Å². The predicted octanol–water partition coefficient (Wildman–Crippen LogP) is -6.92. The number of hydrogen-bond donors (Lipinski definition) is 1. The Kier molecular flexibility index (Phi) is 9.80. The van der Waals surface area contributed by atoms with Crippen LogP contribution in [0.25, 0.3) is 0 Å². The molecule has 1 aromatic rings. The van der Waals surface area contributed by atoms with Gasteiger partial charge in [-0.1, -0.05) is 0 Å². The van der Waals surface area contributed by atoms with Gasteiger partial charge in [-0.25, -0.2) is 16.8 Å². The number of rotatable bonds is 2. The average Bonchev–Trinajstić information content (AvgIpc) is 1.99. The molecule has 84 valence electrons. The summed E-state index contributed by atoms with van der Waals surface area (Å²) in [5, 5.41) is 0. The summed E-state index contributed by atoms with van der Waals surface area (Å²) in [6, 6.07) is 2.02. The molecule has 0 amide bonds. The molecule has 0 aliphatic rings. The number of anilines is 1. The summed E-state index contributed by atoms with van der Waals surface area (Å²) in [5.74, 6) is 0. The maximum atomic E-state index is 10.6. The van der Waals surface area contributed by atoms with E-state index in [1.165, 1.54) is 0 Å². The first-order valence-corrected chi connectivity index (χ1v) is 6.25. The molecular weight excluding hydrogens is 324 g/mol. The van der Waals surface area contributed by atoms with Gasteiger partial charge in [0.1, 0.15) is 20.2 Å². The second kappa shape index (κ2) is 7.78. The number of hydrogen-bond acceptors (Lipinski definition) is 7. The molecule has 11 heteroatoms. The summed E-state index contributed by atoms with van der Waals surface area (Å²) < 4.78 is 63.3. The van der Waals surface area contributed by atoms with Crippen LogP contribution in [0.15, 0.2) is 28.0 Å². The smallest absolute Gasteiger partial charge is 0.744 e. The predicted molar refractivity (Wildman–Crippen MR) is 46.8 cm³/mol. The molecule has 0 atom stereocenters. The van der Waals surface area contributed by atoms with E-state index in [0.717, 1.165) is 12.1 Å². The van der Waals surface area contributed by atoms with Crippen LogP contribution in [0.4, 0.5) is 5.69 Å². The molecule has 0 heterocycles. The van der Waals surface area contributed by atoms with E-state index in [4.69, 9.17) is 5.73 Å². The van der Waals surface area contributed by atoms with Crippen LogP contribution in [0.5, 0.6) is 0 Å². The van der Waals surface area contributed by atoms with Crippen molar-refractivity contribution in [1.29, 1.82) is 0 Å². The second-order valence-electron chi connectivity index (χ2n) is 2.65. The van der Waals surface area contributed by atoms with E-state index in [1.807, 2.05) is 0 Å². The van der Waals surface area contributed by atoms with E-state index in [-0.39, 0.29) is 108 Å². The van der Waals surface area contributed by atoms with Crippen molar-refractivity contribution in [3.05, 3.63) is 18.2 Å². The first kappa shape index (κ1) is 21.4. The van der Waals surface area contributed by atoms with E-state index in [9.17, 15) is 25.9 Å². The quantitative estimate of drug-likeness (QED) is 0.323. The molecule has 1 rings (SSSR count). The maximum Gasteiger partial charge on any atom is 1.00 e. The Morgan fingerprint density at radius 3 is 1.35 bits per heavy atom. The zero-order valence-corrected chi connectivity index (χ0v) is 17.0. The van der Waals surface area contributed by atoms with Gasteiger partial charge >= 0.3 is 103 Å². The van der Waals surface area contributed by atoms with Gasteiger partial charge in [0.15, 0.2) is 0 Å². The van der Waals surface area contributed by atoms with Gasteiger partial charge in [0.25, 0.3) is 0 Å². The van der Waals surface area contributed by atoms with Gasteiger partial charge in [-0.15, -0.1) is 0 Å². The zero-order valence-electron chi connectivity index (χ0n) is 9.08. The summed E-state index contributed by atoms with van der Waals surface area (Å²) in [5.41, 5.74) is 4.86. The maximum absolute atomic E-state index is 10.6. The fraction of sp³-hybridized carbons (Fsp3) is 0. The van der Waals surface area contributed by atoms with Gasteiger partial charge in [-0.05, 0) is 18.2 Å². The molecule has 0 radical (unpaired) electrons. The minimum absolute atomic E-state index is 0. The monoisotopic (exact) mass is 329 g/mol. The van der Waals surface area contributed by atoms with Crippen LogP contribution in [-0.4, -0.2) is 25.9 Å². The fourth-order valence-electron chi connectivity index (χ4n) is 0.882. The third-order valence-corrected chi connectivity index (χ3v) is 3.11. The Morgan fingerprint density at radius 2 is 1.12 bits per heavy atom. The summed E-state index contributed by atoms with van der Waals surface area (Å²) >= 11 is 0. The van der Waals surface area contributed by atoms with Crippen molar-refractivity contribution in [3.63, 3.8) is 0 Å². The molecule has 0 spiro atoms. The molecule has 2 N–H and O–H groups in total. The van der Waals surface area contributed by atoms with Gasteiger partial charge in [0.2, 0.25) is 0 Å². The molecule has 0 fully saturated rings. The van der Waals surface area contributed by atoms with Crippen LogP contribution in [0.3, 0.4) is 0 Å². The summed E-state index contributed by atoms with van der Waals surface area (Å²) in [7, 11) is -9.68. The summed E-state index contributed by atoms with van der Waals surface area (Å²) in [4.78, 5) is -1.70. The van der Waals surface area contributed by atoms with Crippen molar-refractivity contribution in [2.24, 2.45) is 0 Å². The first-order valence-electron chi connectivity index (χ1n) is 3.43. The standard InChI is InChI=1S/C6H7NO6S2.2K/c7-4-1-5(14(8,9)10)3-6(2-4)15(11,12)13;;/h1-3H,7H2,(H,8,9,10)(H,11,12,13);;/q;2*+1/p-2. The van der Waals surface area contributed by atoms with Crippen LogP contribution < -0.4 is 109 Å². The Labute approximate surface area is 184 Å². The Balaban J connectivity index is 0. The third-order valence-electron chi connectivity index (χ3n) is 1.48. The Hall–Kier alpha value is 2.11. The topological polar surface area (TPSA) is 140 Å². The SMILES string of the molecule is Nc1cc(S(=O)(=O)[O-])cc(S(=O)(=O)[O-])c1.[K+].[K+]. The molecule has 0 aliphatic carbocycles. The average molecular weight is 329 g/mol. The zero-order chi connectivity index (χ0) is 11.9. The van der Waals surface area contributed by atoms with E-state index in [0.29, 0.717) is 6.07 Å². The Bertz CT molecular complexity index is 547. The van der Waals surface area contributed by atoms with Crippen molar-refractivity contribution < 1.29 is 129 Å². The number of benzene rings is 1. The minimum atomic E-state index is -4.84. The molecule has 7 nitrogen and oxygen atoms in total. The number of nitrogen functional groups attached to an aromatic ring is 1.